The van der Waals surface area contributed by atoms with E-state index in [-0.39, 0.29) is 17.7 Å². The lowest BCUT2D eigenvalue weighted by molar-refractivity contribution is -0.123. The fourth-order valence-corrected chi connectivity index (χ4v) is 4.54. The summed E-state index contributed by atoms with van der Waals surface area (Å²) in [6, 6.07) is 23.6. The van der Waals surface area contributed by atoms with Crippen molar-refractivity contribution < 1.29 is 9.59 Å². The van der Waals surface area contributed by atoms with Crippen LogP contribution in [0.4, 0.5) is 4.79 Å². The van der Waals surface area contributed by atoms with E-state index in [0.717, 1.165) is 50.3 Å². The van der Waals surface area contributed by atoms with Crippen LogP contribution in [0, 0.1) is 6.92 Å². The van der Waals surface area contributed by atoms with Crippen molar-refractivity contribution in [3.63, 3.8) is 0 Å². The van der Waals surface area contributed by atoms with Gasteiger partial charge in [0.2, 0.25) is 0 Å². The number of rotatable bonds is 3. The van der Waals surface area contributed by atoms with Gasteiger partial charge in [-0.15, -0.1) is 0 Å². The van der Waals surface area contributed by atoms with E-state index in [2.05, 4.69) is 0 Å². The fraction of sp³-hybridized carbons (Fsp3) is 0.0800. The summed E-state index contributed by atoms with van der Waals surface area (Å²) in [5.74, 6) is -0.254. The zero-order chi connectivity index (χ0) is 20.7. The lowest BCUT2D eigenvalue weighted by Crippen LogP contribution is -2.27. The molecule has 0 saturated carbocycles. The van der Waals surface area contributed by atoms with Gasteiger partial charge >= 0.3 is 0 Å². The Hall–Kier alpha value is -3.44. The van der Waals surface area contributed by atoms with Crippen molar-refractivity contribution in [3.8, 4) is 0 Å². The highest BCUT2D eigenvalue weighted by atomic mass is 32.2. The van der Waals surface area contributed by atoms with E-state index in [0.29, 0.717) is 4.91 Å². The van der Waals surface area contributed by atoms with E-state index in [1.807, 2.05) is 79.7 Å². The minimum absolute atomic E-state index is 0.222. The first-order valence-electron chi connectivity index (χ1n) is 9.68. The highest BCUT2D eigenvalue weighted by Crippen LogP contribution is 2.35. The van der Waals surface area contributed by atoms with Crippen LogP contribution in [0.2, 0.25) is 0 Å². The molecule has 0 N–H and O–H groups in total. The number of imide groups is 1. The van der Waals surface area contributed by atoms with Crippen LogP contribution in [0.5, 0.6) is 0 Å². The maximum absolute atomic E-state index is 13.1. The van der Waals surface area contributed by atoms with Crippen LogP contribution in [-0.4, -0.2) is 21.0 Å². The number of hydrogen-bond donors (Lipinski definition) is 0. The predicted octanol–water partition coefficient (Wildman–Crippen LogP) is 5.93. The average molecular weight is 410 g/mol. The van der Waals surface area contributed by atoms with Crippen molar-refractivity contribution in [1.29, 1.82) is 0 Å². The Bertz CT molecular complexity index is 1290. The number of aryl methyl sites for hydroxylation is 1. The molecule has 1 aromatic heterocycles. The fourth-order valence-electron chi connectivity index (χ4n) is 3.71. The van der Waals surface area contributed by atoms with Crippen molar-refractivity contribution in [3.05, 3.63) is 94.4 Å². The summed E-state index contributed by atoms with van der Waals surface area (Å²) in [5, 5.41) is 1.67. The number of nitrogens with zero attached hydrogens (tertiary/aromatic N) is 2. The first-order valence-corrected chi connectivity index (χ1v) is 10.5. The molecule has 0 atom stereocenters. The van der Waals surface area contributed by atoms with Crippen LogP contribution < -0.4 is 0 Å². The zero-order valence-electron chi connectivity index (χ0n) is 16.3. The number of amides is 2. The van der Waals surface area contributed by atoms with E-state index in [4.69, 9.17) is 4.98 Å². The van der Waals surface area contributed by atoms with E-state index in [1.165, 1.54) is 4.90 Å². The summed E-state index contributed by atoms with van der Waals surface area (Å²) in [6.45, 7) is 2.24. The van der Waals surface area contributed by atoms with Gasteiger partial charge in [0.15, 0.2) is 0 Å². The Morgan fingerprint density at radius 3 is 2.10 bits per heavy atom. The van der Waals surface area contributed by atoms with Gasteiger partial charge in [0.05, 0.1) is 22.5 Å². The molecule has 5 rings (SSSR count). The number of carbonyl (C=O) groups is 2. The summed E-state index contributed by atoms with van der Waals surface area (Å²) in [4.78, 5) is 32.3. The third kappa shape index (κ3) is 3.27. The van der Waals surface area contributed by atoms with Crippen LogP contribution >= 0.6 is 11.8 Å². The normalized spacial score (nSPS) is 15.6. The van der Waals surface area contributed by atoms with Gasteiger partial charge in [0, 0.05) is 10.8 Å². The summed E-state index contributed by atoms with van der Waals surface area (Å²) >= 11 is 0.994. The molecule has 146 valence electrons. The molecule has 1 aliphatic heterocycles. The Kier molecular flexibility index (Phi) is 4.60. The number of para-hydroxylation sites is 2. The molecule has 2 heterocycles. The number of thioether (sulfide) groups is 1. The SMILES string of the molecule is Cc1ccc(/C=C2\SC(=O)N(Cc3c4ccccc4nc4ccccc34)C2=O)cc1. The van der Waals surface area contributed by atoms with Crippen molar-refractivity contribution in [2.75, 3.05) is 0 Å². The highest BCUT2D eigenvalue weighted by molar-refractivity contribution is 8.18. The second-order valence-electron chi connectivity index (χ2n) is 7.30. The van der Waals surface area contributed by atoms with E-state index < -0.39 is 0 Å². The lowest BCUT2D eigenvalue weighted by atomic mass is 10.0. The van der Waals surface area contributed by atoms with E-state index in [1.54, 1.807) is 6.08 Å². The molecule has 2 amide bonds. The van der Waals surface area contributed by atoms with Crippen molar-refractivity contribution in [1.82, 2.24) is 9.88 Å². The van der Waals surface area contributed by atoms with Crippen molar-refractivity contribution >= 4 is 50.8 Å². The Balaban J connectivity index is 1.55. The van der Waals surface area contributed by atoms with Gasteiger partial charge in [0.25, 0.3) is 11.1 Å². The van der Waals surface area contributed by atoms with Gasteiger partial charge in [-0.2, -0.15) is 0 Å². The first kappa shape index (κ1) is 18.6. The molecular formula is C25H18N2O2S. The quantitative estimate of drug-likeness (QED) is 0.310. The molecule has 0 unspecified atom stereocenters. The molecular weight excluding hydrogens is 392 g/mol. The summed E-state index contributed by atoms with van der Waals surface area (Å²) < 4.78 is 0. The van der Waals surface area contributed by atoms with Gasteiger partial charge in [-0.05, 0) is 48.0 Å². The van der Waals surface area contributed by atoms with E-state index in [9.17, 15) is 9.59 Å². The third-order valence-corrected chi connectivity index (χ3v) is 6.17. The molecule has 4 aromatic rings. The minimum atomic E-state index is -0.254. The van der Waals surface area contributed by atoms with Gasteiger partial charge in [-0.25, -0.2) is 4.98 Å². The number of benzene rings is 3. The molecule has 1 fully saturated rings. The Morgan fingerprint density at radius 1 is 0.867 bits per heavy atom. The maximum atomic E-state index is 13.1. The molecule has 1 saturated heterocycles. The summed E-state index contributed by atoms with van der Waals surface area (Å²) in [5.41, 5.74) is 4.71. The third-order valence-electron chi connectivity index (χ3n) is 5.26. The first-order chi connectivity index (χ1) is 14.6. The van der Waals surface area contributed by atoms with Crippen molar-refractivity contribution in [2.24, 2.45) is 0 Å². The number of pyridine rings is 1. The molecule has 0 radical (unpaired) electrons. The van der Waals surface area contributed by atoms with Crippen LogP contribution in [0.3, 0.4) is 0 Å². The molecule has 0 bridgehead atoms. The molecule has 1 aliphatic rings. The standard InChI is InChI=1S/C25H18N2O2S/c1-16-10-12-17(13-11-16)14-23-24(28)27(25(29)30-23)15-20-18-6-2-4-8-21(18)26-22-9-5-3-7-19(20)22/h2-14H,15H2,1H3/b23-14-. The monoisotopic (exact) mass is 410 g/mol. The number of carbonyl (C=O) groups excluding carboxylic acids is 2. The van der Waals surface area contributed by atoms with Gasteiger partial charge < -0.3 is 0 Å². The van der Waals surface area contributed by atoms with Gasteiger partial charge in [-0.3, -0.25) is 14.5 Å². The van der Waals surface area contributed by atoms with E-state index >= 15 is 0 Å². The zero-order valence-corrected chi connectivity index (χ0v) is 17.1. The molecule has 4 nitrogen and oxygen atoms in total. The predicted molar refractivity (Wildman–Crippen MR) is 122 cm³/mol. The Morgan fingerprint density at radius 2 is 1.47 bits per heavy atom. The number of fused-ring (bicyclic) bond motifs is 2. The second kappa shape index (κ2) is 7.43. The second-order valence-corrected chi connectivity index (χ2v) is 8.30. The molecule has 0 aliphatic carbocycles. The number of aromatic nitrogens is 1. The minimum Gasteiger partial charge on any atom is -0.268 e. The lowest BCUT2D eigenvalue weighted by Gasteiger charge is -2.16. The van der Waals surface area contributed by atoms with Crippen LogP contribution in [0.1, 0.15) is 16.7 Å². The largest absolute Gasteiger partial charge is 0.293 e. The summed E-state index contributed by atoms with van der Waals surface area (Å²) in [7, 11) is 0. The van der Waals surface area contributed by atoms with Gasteiger partial charge in [0.1, 0.15) is 0 Å². The molecule has 5 heteroatoms. The summed E-state index contributed by atoms with van der Waals surface area (Å²) in [6.07, 6.45) is 1.78. The van der Waals surface area contributed by atoms with Gasteiger partial charge in [-0.1, -0.05) is 66.2 Å². The smallest absolute Gasteiger partial charge is 0.268 e. The Labute approximate surface area is 178 Å². The average Bonchev–Trinajstić information content (AvgIpc) is 3.02. The highest BCUT2D eigenvalue weighted by Gasteiger charge is 2.35. The topological polar surface area (TPSA) is 50.3 Å². The van der Waals surface area contributed by atoms with Crippen LogP contribution in [-0.2, 0) is 11.3 Å². The molecule has 0 spiro atoms. The van der Waals surface area contributed by atoms with Crippen LogP contribution in [0.25, 0.3) is 27.9 Å². The van der Waals surface area contributed by atoms with Crippen molar-refractivity contribution in [2.45, 2.75) is 13.5 Å². The maximum Gasteiger partial charge on any atom is 0.293 e. The molecule has 30 heavy (non-hydrogen) atoms. The van der Waals surface area contributed by atoms with Crippen LogP contribution in [0.15, 0.2) is 77.7 Å². The molecule has 3 aromatic carbocycles. The number of hydrogen-bond acceptors (Lipinski definition) is 4.